The molecule has 2 aromatic rings. The summed E-state index contributed by atoms with van der Waals surface area (Å²) in [6, 6.07) is 9.81. The number of aromatic nitrogens is 2. The largest absolute Gasteiger partial charge is 0.307 e. The van der Waals surface area contributed by atoms with Gasteiger partial charge in [-0.05, 0) is 12.1 Å². The molecule has 1 N–H and O–H groups in total. The second-order valence-corrected chi connectivity index (χ2v) is 5.30. The van der Waals surface area contributed by atoms with Crippen LogP contribution in [0.25, 0.3) is 0 Å². The van der Waals surface area contributed by atoms with Crippen LogP contribution in [0.3, 0.4) is 0 Å². The van der Waals surface area contributed by atoms with Gasteiger partial charge in [0.15, 0.2) is 0 Å². The molecule has 1 aromatic carbocycles. The number of nitrogens with one attached hydrogen (secondary N) is 1. The lowest BCUT2D eigenvalue weighted by atomic mass is 10.3. The van der Waals surface area contributed by atoms with E-state index in [9.17, 15) is 0 Å². The quantitative estimate of drug-likeness (QED) is 0.856. The van der Waals surface area contributed by atoms with Gasteiger partial charge in [0.05, 0.1) is 5.69 Å². The number of para-hydroxylation sites is 1. The summed E-state index contributed by atoms with van der Waals surface area (Å²) in [5.74, 6) is 0. The number of hydrogen-bond acceptors (Lipinski definition) is 6. The molecule has 6 nitrogen and oxygen atoms in total. The van der Waals surface area contributed by atoms with Crippen molar-refractivity contribution in [3.63, 3.8) is 0 Å². The van der Waals surface area contributed by atoms with Crippen LogP contribution in [0.5, 0.6) is 0 Å². The Balaban J connectivity index is 2.43. The third-order valence-corrected chi connectivity index (χ3v) is 3.23. The molecule has 0 saturated heterocycles. The van der Waals surface area contributed by atoms with E-state index in [-0.39, 0.29) is 0 Å². The van der Waals surface area contributed by atoms with Crippen LogP contribution < -0.4 is 16.1 Å². The Bertz CT molecular complexity index is 584. The topological polar surface area (TPSA) is 48.7 Å². The maximum Gasteiger partial charge on any atom is 0.262 e. The van der Waals surface area contributed by atoms with E-state index in [1.807, 2.05) is 72.6 Å². The molecule has 0 amide bonds. The molecule has 0 aliphatic carbocycles. The van der Waals surface area contributed by atoms with Crippen LogP contribution in [0.1, 0.15) is 0 Å². The minimum Gasteiger partial charge on any atom is -0.307 e. The van der Waals surface area contributed by atoms with Crippen molar-refractivity contribution in [2.75, 3.05) is 38.6 Å². The number of hydrogen-bond donors (Lipinski definition) is 1. The third-order valence-electron chi connectivity index (χ3n) is 2.21. The fourth-order valence-electron chi connectivity index (χ4n) is 1.46. The predicted molar refractivity (Wildman–Crippen MR) is 79.1 cm³/mol. The molecule has 102 valence electrons. The molecule has 2 rings (SSSR count). The Morgan fingerprint density at radius 1 is 1.16 bits per heavy atom. The molecule has 0 fully saturated rings. The summed E-state index contributed by atoms with van der Waals surface area (Å²) in [6.07, 6.45) is 0. The van der Waals surface area contributed by atoms with Crippen LogP contribution in [0, 0.1) is 0 Å². The van der Waals surface area contributed by atoms with Crippen molar-refractivity contribution in [3.05, 3.63) is 36.0 Å². The number of rotatable bonds is 4. The van der Waals surface area contributed by atoms with E-state index in [4.69, 9.17) is 0 Å². The first-order chi connectivity index (χ1) is 9.06. The number of anilines is 1. The molecule has 0 spiro atoms. The van der Waals surface area contributed by atoms with Crippen molar-refractivity contribution in [2.24, 2.45) is 4.99 Å². The first kappa shape index (κ1) is 13.6. The van der Waals surface area contributed by atoms with Gasteiger partial charge >= 0.3 is 0 Å². The van der Waals surface area contributed by atoms with E-state index in [0.29, 0.717) is 5.62 Å². The highest BCUT2D eigenvalue weighted by Gasteiger charge is 2.06. The maximum atomic E-state index is 4.55. The average Bonchev–Trinajstić information content (AvgIpc) is 2.72. The minimum atomic E-state index is 0.658. The van der Waals surface area contributed by atoms with Crippen molar-refractivity contribution in [1.29, 1.82) is 0 Å². The van der Waals surface area contributed by atoms with Gasteiger partial charge in [-0.15, -0.1) is 0 Å². The fourth-order valence-corrected chi connectivity index (χ4v) is 2.30. The van der Waals surface area contributed by atoms with Gasteiger partial charge in [-0.25, -0.2) is 10.0 Å². The Kier molecular flexibility index (Phi) is 4.18. The number of nitrogens with zero attached hydrogens (tertiary/aromatic N) is 5. The molecule has 1 aromatic heterocycles. The highest BCUT2D eigenvalue weighted by atomic mass is 32.1. The van der Waals surface area contributed by atoms with Gasteiger partial charge in [0.25, 0.3) is 5.62 Å². The minimum absolute atomic E-state index is 0.658. The summed E-state index contributed by atoms with van der Waals surface area (Å²) in [6.45, 7) is 0. The van der Waals surface area contributed by atoms with Gasteiger partial charge in [-0.3, -0.25) is 5.43 Å². The summed E-state index contributed by atoms with van der Waals surface area (Å²) >= 11 is 1.50. The summed E-state index contributed by atoms with van der Waals surface area (Å²) in [4.78, 5) is 9.04. The van der Waals surface area contributed by atoms with Crippen LogP contribution in [0.15, 0.2) is 35.3 Å². The van der Waals surface area contributed by atoms with Crippen molar-refractivity contribution in [1.82, 2.24) is 14.1 Å². The van der Waals surface area contributed by atoms with E-state index in [1.54, 1.807) is 0 Å². The van der Waals surface area contributed by atoms with Gasteiger partial charge in [-0.1, -0.05) is 18.2 Å². The molecule has 0 bridgehead atoms. The second kappa shape index (κ2) is 5.85. The zero-order valence-corrected chi connectivity index (χ0v) is 12.3. The van der Waals surface area contributed by atoms with Gasteiger partial charge in [0, 0.05) is 39.7 Å². The van der Waals surface area contributed by atoms with Gasteiger partial charge in [-0.2, -0.15) is 9.05 Å². The first-order valence-electron chi connectivity index (χ1n) is 5.88. The molecule has 1 heterocycles. The van der Waals surface area contributed by atoms with Crippen molar-refractivity contribution < 1.29 is 0 Å². The summed E-state index contributed by atoms with van der Waals surface area (Å²) in [5, 5.41) is 4.60. The van der Waals surface area contributed by atoms with E-state index in [0.717, 1.165) is 10.8 Å². The summed E-state index contributed by atoms with van der Waals surface area (Å²) in [7, 11) is 7.77. The lowest BCUT2D eigenvalue weighted by molar-refractivity contribution is 0.494. The van der Waals surface area contributed by atoms with Crippen molar-refractivity contribution >= 4 is 22.4 Å². The zero-order chi connectivity index (χ0) is 13.8. The van der Waals surface area contributed by atoms with E-state index in [1.165, 1.54) is 11.5 Å². The Morgan fingerprint density at radius 3 is 2.42 bits per heavy atom. The molecule has 19 heavy (non-hydrogen) atoms. The zero-order valence-electron chi connectivity index (χ0n) is 11.5. The van der Waals surface area contributed by atoms with Gasteiger partial charge < -0.3 is 5.01 Å². The van der Waals surface area contributed by atoms with E-state index < -0.39 is 0 Å². The normalized spacial score (nSPS) is 11.9. The molecule has 0 atom stereocenters. The molecule has 0 unspecified atom stereocenters. The second-order valence-electron chi connectivity index (χ2n) is 4.38. The molecule has 0 radical (unpaired) electrons. The summed E-state index contributed by atoms with van der Waals surface area (Å²) < 4.78 is 1.93. The molecule has 0 aliphatic heterocycles. The van der Waals surface area contributed by atoms with Crippen LogP contribution in [0.4, 0.5) is 10.8 Å². The molecular formula is C12H18N6S. The number of hydrazine groups is 1. The van der Waals surface area contributed by atoms with Gasteiger partial charge in [0.1, 0.15) is 0 Å². The van der Waals surface area contributed by atoms with Gasteiger partial charge in [0.2, 0.25) is 5.13 Å². The monoisotopic (exact) mass is 278 g/mol. The molecule has 0 aliphatic rings. The van der Waals surface area contributed by atoms with E-state index in [2.05, 4.69) is 15.4 Å². The lowest BCUT2D eigenvalue weighted by Gasteiger charge is -2.11. The van der Waals surface area contributed by atoms with Crippen LogP contribution >= 0.6 is 11.5 Å². The van der Waals surface area contributed by atoms with Crippen LogP contribution in [0.2, 0.25) is 0 Å². The van der Waals surface area contributed by atoms with Crippen LogP contribution in [-0.2, 0) is 0 Å². The fraction of sp³-hybridized carbons (Fsp3) is 0.333. The van der Waals surface area contributed by atoms with Crippen LogP contribution in [-0.4, -0.2) is 42.2 Å². The first-order valence-corrected chi connectivity index (χ1v) is 6.65. The molecule has 0 saturated carbocycles. The van der Waals surface area contributed by atoms with Crippen molar-refractivity contribution in [3.8, 4) is 0 Å². The highest BCUT2D eigenvalue weighted by Crippen LogP contribution is 2.11. The Hall–Kier alpha value is -1.86. The smallest absolute Gasteiger partial charge is 0.262 e. The van der Waals surface area contributed by atoms with Crippen molar-refractivity contribution in [2.45, 2.75) is 0 Å². The molecular weight excluding hydrogens is 260 g/mol. The predicted octanol–water partition coefficient (Wildman–Crippen LogP) is 1.26. The maximum absolute atomic E-state index is 4.55. The standard InChI is InChI=1S/C12H18N6S/c1-16(2)15-12-14-11(18(19-12)17(3)4)13-10-8-6-5-7-9-10/h5-9H,1-4H3,(H,13,14,15). The average molecular weight is 278 g/mol. The highest BCUT2D eigenvalue weighted by molar-refractivity contribution is 7.10. The molecule has 7 heteroatoms. The lowest BCUT2D eigenvalue weighted by Crippen LogP contribution is -2.33. The number of benzene rings is 1. The SMILES string of the molecule is CN(C)Nc1nc(=Nc2ccccc2)n(N(C)C)s1. The Morgan fingerprint density at radius 2 is 1.84 bits per heavy atom. The van der Waals surface area contributed by atoms with E-state index >= 15 is 0 Å². The Labute approximate surface area is 116 Å². The summed E-state index contributed by atoms with van der Waals surface area (Å²) in [5.41, 5.74) is 4.69. The third kappa shape index (κ3) is 3.55.